The molecule has 4 aromatic rings. The first-order chi connectivity index (χ1) is 16.3. The van der Waals surface area contributed by atoms with Gasteiger partial charge in [0.25, 0.3) is 10.0 Å². The lowest BCUT2D eigenvalue weighted by Crippen LogP contribution is -2.16. The molecule has 3 aromatic carbocycles. The molecule has 176 valence electrons. The van der Waals surface area contributed by atoms with Crippen LogP contribution in [0.15, 0.2) is 88.2 Å². The summed E-state index contributed by atoms with van der Waals surface area (Å²) in [4.78, 5) is 0.170. The van der Waals surface area contributed by atoms with E-state index < -0.39 is 10.0 Å². The lowest BCUT2D eigenvalue weighted by Gasteiger charge is -2.22. The van der Waals surface area contributed by atoms with Gasteiger partial charge >= 0.3 is 0 Å². The van der Waals surface area contributed by atoms with E-state index in [0.717, 1.165) is 16.9 Å². The molecule has 0 aliphatic heterocycles. The maximum absolute atomic E-state index is 13.3. The van der Waals surface area contributed by atoms with E-state index >= 15 is 0 Å². The Kier molecular flexibility index (Phi) is 6.65. The molecule has 1 N–H and O–H groups in total. The van der Waals surface area contributed by atoms with Crippen LogP contribution in [0.1, 0.15) is 34.1 Å². The monoisotopic (exact) mass is 477 g/mol. The molecule has 6 nitrogen and oxygen atoms in total. The number of benzene rings is 3. The van der Waals surface area contributed by atoms with Crippen molar-refractivity contribution >= 4 is 15.7 Å². The Morgan fingerprint density at radius 3 is 2.06 bits per heavy atom. The fourth-order valence-corrected chi connectivity index (χ4v) is 4.97. The van der Waals surface area contributed by atoms with Crippen molar-refractivity contribution in [1.29, 1.82) is 0 Å². The van der Waals surface area contributed by atoms with Crippen LogP contribution in [0.25, 0.3) is 0 Å². The van der Waals surface area contributed by atoms with Crippen LogP contribution < -0.4 is 14.2 Å². The predicted molar refractivity (Wildman–Crippen MR) is 132 cm³/mol. The minimum absolute atomic E-state index is 0.170. The van der Waals surface area contributed by atoms with E-state index in [-0.39, 0.29) is 10.8 Å². The van der Waals surface area contributed by atoms with E-state index in [4.69, 9.17) is 13.9 Å². The summed E-state index contributed by atoms with van der Waals surface area (Å²) >= 11 is 0. The van der Waals surface area contributed by atoms with Gasteiger partial charge in [0.15, 0.2) is 11.5 Å². The molecule has 1 heterocycles. The van der Waals surface area contributed by atoms with Crippen molar-refractivity contribution in [2.45, 2.75) is 24.7 Å². The first-order valence-corrected chi connectivity index (χ1v) is 12.3. The Bertz CT molecular complexity index is 1380. The highest BCUT2D eigenvalue weighted by molar-refractivity contribution is 7.92. The summed E-state index contributed by atoms with van der Waals surface area (Å²) < 4.78 is 46.4. The van der Waals surface area contributed by atoms with E-state index in [1.807, 2.05) is 56.3 Å². The zero-order valence-electron chi connectivity index (χ0n) is 19.5. The molecule has 0 radical (unpaired) electrons. The predicted octanol–water partition coefficient (Wildman–Crippen LogP) is 5.89. The van der Waals surface area contributed by atoms with E-state index in [0.29, 0.717) is 28.5 Å². The molecule has 0 amide bonds. The summed E-state index contributed by atoms with van der Waals surface area (Å²) in [5.41, 5.74) is 2.97. The summed E-state index contributed by atoms with van der Waals surface area (Å²) in [5, 5.41) is 0. The molecule has 0 bridgehead atoms. The molecule has 0 saturated carbocycles. The summed E-state index contributed by atoms with van der Waals surface area (Å²) in [6.45, 7) is 3.78. The maximum atomic E-state index is 13.3. The van der Waals surface area contributed by atoms with E-state index in [1.165, 1.54) is 7.11 Å². The first-order valence-electron chi connectivity index (χ1n) is 10.8. The van der Waals surface area contributed by atoms with Crippen LogP contribution in [0.5, 0.6) is 11.5 Å². The van der Waals surface area contributed by atoms with Gasteiger partial charge in [0.2, 0.25) is 0 Å². The number of hydrogen-bond donors (Lipinski definition) is 1. The van der Waals surface area contributed by atoms with Crippen LogP contribution in [0.2, 0.25) is 0 Å². The van der Waals surface area contributed by atoms with Crippen molar-refractivity contribution in [2.75, 3.05) is 18.9 Å². The second kappa shape index (κ2) is 9.65. The molecular formula is C27H27NO5S. The van der Waals surface area contributed by atoms with Crippen molar-refractivity contribution in [3.63, 3.8) is 0 Å². The second-order valence-corrected chi connectivity index (χ2v) is 9.69. The van der Waals surface area contributed by atoms with Gasteiger partial charge in [-0.25, -0.2) is 8.42 Å². The lowest BCUT2D eigenvalue weighted by atomic mass is 9.88. The number of rotatable bonds is 8. The van der Waals surface area contributed by atoms with Crippen molar-refractivity contribution in [3.8, 4) is 11.5 Å². The fourth-order valence-electron chi connectivity index (χ4n) is 3.89. The van der Waals surface area contributed by atoms with Gasteiger partial charge in [0.05, 0.1) is 30.7 Å². The number of aryl methyl sites for hydroxylation is 2. The Hall–Kier alpha value is -3.71. The minimum atomic E-state index is -3.87. The van der Waals surface area contributed by atoms with Crippen molar-refractivity contribution in [1.82, 2.24) is 0 Å². The Balaban J connectivity index is 1.92. The van der Waals surface area contributed by atoms with Gasteiger partial charge in [0.1, 0.15) is 11.5 Å². The summed E-state index contributed by atoms with van der Waals surface area (Å²) in [6.07, 6.45) is 0. The first kappa shape index (κ1) is 23.4. The van der Waals surface area contributed by atoms with Crippen molar-refractivity contribution in [3.05, 3.63) is 107 Å². The van der Waals surface area contributed by atoms with Gasteiger partial charge < -0.3 is 13.9 Å². The topological polar surface area (TPSA) is 77.8 Å². The molecule has 0 aliphatic rings. The SMILES string of the molecule is COc1cc(NS(=O)(=O)c2ccc(C)cc2)c(C(c2ccccc2)c2ccc(C)o2)cc1OC. The molecule has 0 fully saturated rings. The van der Waals surface area contributed by atoms with Crippen LogP contribution in [-0.2, 0) is 10.0 Å². The summed E-state index contributed by atoms with van der Waals surface area (Å²) in [5.74, 6) is 1.96. The highest BCUT2D eigenvalue weighted by Gasteiger charge is 2.27. The molecular weight excluding hydrogens is 450 g/mol. The Morgan fingerprint density at radius 1 is 0.824 bits per heavy atom. The highest BCUT2D eigenvalue weighted by Crippen LogP contribution is 2.43. The van der Waals surface area contributed by atoms with Gasteiger partial charge in [-0.3, -0.25) is 4.72 Å². The smallest absolute Gasteiger partial charge is 0.261 e. The van der Waals surface area contributed by atoms with Crippen LogP contribution >= 0.6 is 0 Å². The molecule has 0 spiro atoms. The minimum Gasteiger partial charge on any atom is -0.493 e. The molecule has 7 heteroatoms. The molecule has 4 rings (SSSR count). The number of nitrogens with one attached hydrogen (secondary N) is 1. The molecule has 1 aromatic heterocycles. The van der Waals surface area contributed by atoms with E-state index in [9.17, 15) is 8.42 Å². The van der Waals surface area contributed by atoms with E-state index in [2.05, 4.69) is 4.72 Å². The number of furan rings is 1. The number of anilines is 1. The number of ether oxygens (including phenoxy) is 2. The van der Waals surface area contributed by atoms with Gasteiger partial charge in [-0.1, -0.05) is 48.0 Å². The fraction of sp³-hybridized carbons (Fsp3) is 0.185. The second-order valence-electron chi connectivity index (χ2n) is 8.01. The van der Waals surface area contributed by atoms with Crippen LogP contribution in [0.3, 0.4) is 0 Å². The lowest BCUT2D eigenvalue weighted by molar-refractivity contribution is 0.354. The molecule has 0 aliphatic carbocycles. The quantitative estimate of drug-likeness (QED) is 0.342. The highest BCUT2D eigenvalue weighted by atomic mass is 32.2. The van der Waals surface area contributed by atoms with E-state index in [1.54, 1.807) is 43.5 Å². The Morgan fingerprint density at radius 2 is 1.47 bits per heavy atom. The third-order valence-electron chi connectivity index (χ3n) is 5.62. The average Bonchev–Trinajstić information content (AvgIpc) is 3.26. The van der Waals surface area contributed by atoms with Gasteiger partial charge in [-0.2, -0.15) is 0 Å². The summed E-state index contributed by atoms with van der Waals surface area (Å²) in [7, 11) is -0.805. The Labute approximate surface area is 200 Å². The van der Waals surface area contributed by atoms with Gasteiger partial charge in [0, 0.05) is 6.07 Å². The van der Waals surface area contributed by atoms with Crippen LogP contribution in [-0.4, -0.2) is 22.6 Å². The maximum Gasteiger partial charge on any atom is 0.261 e. The number of hydrogen-bond acceptors (Lipinski definition) is 5. The van der Waals surface area contributed by atoms with Crippen molar-refractivity contribution < 1.29 is 22.3 Å². The zero-order valence-corrected chi connectivity index (χ0v) is 20.3. The van der Waals surface area contributed by atoms with Gasteiger partial charge in [-0.15, -0.1) is 0 Å². The zero-order chi connectivity index (χ0) is 24.3. The van der Waals surface area contributed by atoms with Crippen LogP contribution in [0.4, 0.5) is 5.69 Å². The standard InChI is InChI=1S/C27H27NO5S/c1-18-10-13-21(14-11-18)34(29,30)28-23-17-26(32-4)25(31-3)16-22(23)27(20-8-6-5-7-9-20)24-15-12-19(2)33-24/h5-17,27-28H,1-4H3. The average molecular weight is 478 g/mol. The van der Waals surface area contributed by atoms with Crippen molar-refractivity contribution in [2.24, 2.45) is 0 Å². The van der Waals surface area contributed by atoms with Gasteiger partial charge in [-0.05, 0) is 55.3 Å². The molecule has 0 saturated heterocycles. The number of sulfonamides is 1. The molecule has 34 heavy (non-hydrogen) atoms. The third kappa shape index (κ3) is 4.79. The number of methoxy groups -OCH3 is 2. The summed E-state index contributed by atoms with van der Waals surface area (Å²) in [6, 6.07) is 23.7. The molecule has 1 unspecified atom stereocenters. The normalized spacial score (nSPS) is 12.2. The van der Waals surface area contributed by atoms with Crippen LogP contribution in [0, 0.1) is 13.8 Å². The largest absolute Gasteiger partial charge is 0.493 e. The molecule has 1 atom stereocenters. The third-order valence-corrected chi connectivity index (χ3v) is 7.00.